The molecular formula is C10H27N5. The minimum absolute atomic E-state index is 0.440. The Hall–Kier alpha value is -0.200. The molecule has 9 N–H and O–H groups in total. The largest absolute Gasteiger partial charge is 0.329 e. The average molecular weight is 217 g/mol. The van der Waals surface area contributed by atoms with E-state index >= 15 is 0 Å². The second-order valence-corrected chi connectivity index (χ2v) is 4.00. The second kappa shape index (κ2) is 10.3. The Morgan fingerprint density at radius 3 is 1.40 bits per heavy atom. The highest BCUT2D eigenvalue weighted by Crippen LogP contribution is 2.14. The molecule has 0 amide bonds. The zero-order valence-electron chi connectivity index (χ0n) is 9.62. The summed E-state index contributed by atoms with van der Waals surface area (Å²) in [5.74, 6) is 0. The minimum Gasteiger partial charge on any atom is -0.329 e. The van der Waals surface area contributed by atoms with E-state index < -0.39 is 0 Å². The first-order valence-electron chi connectivity index (χ1n) is 5.82. The van der Waals surface area contributed by atoms with Gasteiger partial charge < -0.3 is 28.3 Å². The van der Waals surface area contributed by atoms with Crippen LogP contribution in [0, 0.1) is 0 Å². The maximum absolute atomic E-state index is 5.64. The maximum atomic E-state index is 5.64. The fourth-order valence-electron chi connectivity index (χ4n) is 1.47. The lowest BCUT2D eigenvalue weighted by Gasteiger charge is -2.22. The monoisotopic (exact) mass is 217 g/mol. The number of hydrogen-bond donors (Lipinski definition) is 5. The summed E-state index contributed by atoms with van der Waals surface area (Å²) in [5.41, 5.74) is 21.6. The third-order valence-electron chi connectivity index (χ3n) is 2.46. The summed E-state index contributed by atoms with van der Waals surface area (Å²) in [7, 11) is 0. The van der Waals surface area contributed by atoms with E-state index in [4.69, 9.17) is 22.9 Å². The van der Waals surface area contributed by atoms with Gasteiger partial charge in [-0.2, -0.15) is 0 Å². The molecule has 1 aliphatic rings. The third-order valence-corrected chi connectivity index (χ3v) is 2.46. The first kappa shape index (κ1) is 14.8. The van der Waals surface area contributed by atoms with Gasteiger partial charge in [0.15, 0.2) is 0 Å². The molecule has 1 aliphatic carbocycles. The summed E-state index contributed by atoms with van der Waals surface area (Å²) in [6.07, 6.45) is 4.50. The quantitative estimate of drug-likeness (QED) is 0.376. The van der Waals surface area contributed by atoms with Gasteiger partial charge in [-0.1, -0.05) is 0 Å². The van der Waals surface area contributed by atoms with Gasteiger partial charge in [0.1, 0.15) is 0 Å². The first-order valence-corrected chi connectivity index (χ1v) is 5.82. The lowest BCUT2D eigenvalue weighted by molar-refractivity contribution is 0.395. The van der Waals surface area contributed by atoms with Crippen LogP contribution in [0.4, 0.5) is 0 Å². The van der Waals surface area contributed by atoms with Gasteiger partial charge in [0.2, 0.25) is 0 Å². The predicted molar refractivity (Wildman–Crippen MR) is 65.4 cm³/mol. The SMILES string of the molecule is NC1CCC(N)CC1.NCCNCCN. The Labute approximate surface area is 92.9 Å². The van der Waals surface area contributed by atoms with Gasteiger partial charge in [0.05, 0.1) is 0 Å². The normalized spacial score (nSPS) is 25.6. The van der Waals surface area contributed by atoms with Gasteiger partial charge in [-0.3, -0.25) is 0 Å². The van der Waals surface area contributed by atoms with Gasteiger partial charge in [0, 0.05) is 38.3 Å². The summed E-state index contributed by atoms with van der Waals surface area (Å²) >= 11 is 0. The van der Waals surface area contributed by atoms with E-state index in [0.717, 1.165) is 38.8 Å². The van der Waals surface area contributed by atoms with Crippen LogP contribution in [0.15, 0.2) is 0 Å². The van der Waals surface area contributed by atoms with Crippen molar-refractivity contribution in [2.45, 2.75) is 37.8 Å². The molecule has 0 radical (unpaired) electrons. The van der Waals surface area contributed by atoms with E-state index in [0.29, 0.717) is 25.2 Å². The van der Waals surface area contributed by atoms with Crippen molar-refractivity contribution in [2.24, 2.45) is 22.9 Å². The number of nitrogens with one attached hydrogen (secondary N) is 1. The molecule has 0 aliphatic heterocycles. The lowest BCUT2D eigenvalue weighted by atomic mass is 9.93. The molecule has 1 rings (SSSR count). The smallest absolute Gasteiger partial charge is 0.00750 e. The van der Waals surface area contributed by atoms with Crippen molar-refractivity contribution in [1.82, 2.24) is 5.32 Å². The predicted octanol–water partition coefficient (Wildman–Crippen LogP) is -1.29. The fourth-order valence-corrected chi connectivity index (χ4v) is 1.47. The molecule has 0 aromatic carbocycles. The van der Waals surface area contributed by atoms with Gasteiger partial charge >= 0.3 is 0 Å². The zero-order chi connectivity index (χ0) is 11.5. The highest BCUT2D eigenvalue weighted by atomic mass is 14.9. The third kappa shape index (κ3) is 10.1. The molecular weight excluding hydrogens is 190 g/mol. The van der Waals surface area contributed by atoms with E-state index in [-0.39, 0.29) is 0 Å². The number of hydrogen-bond acceptors (Lipinski definition) is 5. The fraction of sp³-hybridized carbons (Fsp3) is 1.00. The molecule has 1 fully saturated rings. The van der Waals surface area contributed by atoms with Crippen LogP contribution in [0.3, 0.4) is 0 Å². The Balaban J connectivity index is 0.000000265. The van der Waals surface area contributed by atoms with Crippen LogP contribution in [0.2, 0.25) is 0 Å². The second-order valence-electron chi connectivity index (χ2n) is 4.00. The summed E-state index contributed by atoms with van der Waals surface area (Å²) < 4.78 is 0. The van der Waals surface area contributed by atoms with Gasteiger partial charge in [0.25, 0.3) is 0 Å². The summed E-state index contributed by atoms with van der Waals surface area (Å²) in [6, 6.07) is 0.879. The molecule has 5 heteroatoms. The molecule has 0 spiro atoms. The summed E-state index contributed by atoms with van der Waals surface area (Å²) in [4.78, 5) is 0. The van der Waals surface area contributed by atoms with E-state index in [1.54, 1.807) is 0 Å². The molecule has 92 valence electrons. The van der Waals surface area contributed by atoms with Crippen LogP contribution in [0.1, 0.15) is 25.7 Å². The topological polar surface area (TPSA) is 116 Å². The zero-order valence-corrected chi connectivity index (χ0v) is 9.62. The van der Waals surface area contributed by atoms with E-state index in [9.17, 15) is 0 Å². The van der Waals surface area contributed by atoms with Crippen LogP contribution in [-0.4, -0.2) is 38.3 Å². The molecule has 0 bridgehead atoms. The van der Waals surface area contributed by atoms with E-state index in [1.807, 2.05) is 0 Å². The Kier molecular flexibility index (Phi) is 10.2. The molecule has 0 aromatic heterocycles. The number of rotatable bonds is 4. The lowest BCUT2D eigenvalue weighted by Crippen LogP contribution is -2.33. The molecule has 5 nitrogen and oxygen atoms in total. The van der Waals surface area contributed by atoms with E-state index in [2.05, 4.69) is 5.32 Å². The van der Waals surface area contributed by atoms with Gasteiger partial charge in [-0.05, 0) is 25.7 Å². The van der Waals surface area contributed by atoms with Gasteiger partial charge in [-0.25, -0.2) is 0 Å². The van der Waals surface area contributed by atoms with Crippen molar-refractivity contribution in [2.75, 3.05) is 26.2 Å². The molecule has 0 unspecified atom stereocenters. The van der Waals surface area contributed by atoms with Crippen LogP contribution in [-0.2, 0) is 0 Å². The molecule has 0 aromatic rings. The summed E-state index contributed by atoms with van der Waals surface area (Å²) in [5, 5.41) is 3.03. The Morgan fingerprint density at radius 2 is 1.13 bits per heavy atom. The Bertz CT molecular complexity index is 109. The molecule has 15 heavy (non-hydrogen) atoms. The maximum Gasteiger partial charge on any atom is 0.00750 e. The van der Waals surface area contributed by atoms with E-state index in [1.165, 1.54) is 0 Å². The minimum atomic E-state index is 0.440. The molecule has 0 saturated heterocycles. The highest BCUT2D eigenvalue weighted by Gasteiger charge is 2.13. The van der Waals surface area contributed by atoms with Crippen LogP contribution in [0.5, 0.6) is 0 Å². The van der Waals surface area contributed by atoms with Crippen molar-refractivity contribution < 1.29 is 0 Å². The first-order chi connectivity index (χ1) is 7.20. The molecule has 1 saturated carbocycles. The van der Waals surface area contributed by atoms with Crippen LogP contribution >= 0.6 is 0 Å². The van der Waals surface area contributed by atoms with Crippen molar-refractivity contribution in [3.8, 4) is 0 Å². The van der Waals surface area contributed by atoms with Crippen molar-refractivity contribution in [3.63, 3.8) is 0 Å². The number of nitrogens with two attached hydrogens (primary N) is 4. The van der Waals surface area contributed by atoms with Crippen molar-refractivity contribution in [1.29, 1.82) is 0 Å². The van der Waals surface area contributed by atoms with Crippen molar-refractivity contribution >= 4 is 0 Å². The standard InChI is InChI=1S/C6H14N2.C4H13N3/c7-5-1-2-6(8)4-3-5;5-1-3-7-4-2-6/h5-6H,1-4,7-8H2;7H,1-6H2. The van der Waals surface area contributed by atoms with Crippen molar-refractivity contribution in [3.05, 3.63) is 0 Å². The highest BCUT2D eigenvalue weighted by molar-refractivity contribution is 4.75. The summed E-state index contributed by atoms with van der Waals surface area (Å²) in [6.45, 7) is 3.13. The Morgan fingerprint density at radius 1 is 0.800 bits per heavy atom. The van der Waals surface area contributed by atoms with Gasteiger partial charge in [-0.15, -0.1) is 0 Å². The molecule has 0 heterocycles. The van der Waals surface area contributed by atoms with Crippen LogP contribution in [0.25, 0.3) is 0 Å². The van der Waals surface area contributed by atoms with Crippen LogP contribution < -0.4 is 28.3 Å². The molecule has 0 atom stereocenters. The average Bonchev–Trinajstić information content (AvgIpc) is 2.24.